The molecule has 30 heavy (non-hydrogen) atoms. The summed E-state index contributed by atoms with van der Waals surface area (Å²) in [6.45, 7) is 4.39. The molecule has 4 rings (SSSR count). The molecule has 0 unspecified atom stereocenters. The van der Waals surface area contributed by atoms with Crippen LogP contribution in [0.1, 0.15) is 28.4 Å². The van der Waals surface area contributed by atoms with E-state index in [0.717, 1.165) is 28.8 Å². The molecule has 2 heterocycles. The molecule has 2 N–H and O–H groups in total. The van der Waals surface area contributed by atoms with Gasteiger partial charge in [-0.15, -0.1) is 0 Å². The standard InChI is InChI=1S/C23H22N2O5/c1-4-25-11-14(17-10-15(28-3)5-7-18(17)25)9-20-22(27)16-6-8-19(29-12-21(24)26)13(2)23(16)30-20/h5-11H,4,12H2,1-3H3,(H2,24,26). The molecule has 0 atom stereocenters. The molecule has 0 fully saturated rings. The molecule has 0 saturated carbocycles. The summed E-state index contributed by atoms with van der Waals surface area (Å²) in [5.74, 6) is 1.09. The Morgan fingerprint density at radius 1 is 1.27 bits per heavy atom. The Morgan fingerprint density at radius 2 is 2.07 bits per heavy atom. The number of hydrogen-bond acceptors (Lipinski definition) is 5. The average molecular weight is 406 g/mol. The number of ether oxygens (including phenoxy) is 3. The van der Waals surface area contributed by atoms with Crippen molar-refractivity contribution in [3.8, 4) is 17.2 Å². The number of methoxy groups -OCH3 is 1. The van der Waals surface area contributed by atoms with E-state index in [1.807, 2.05) is 24.4 Å². The summed E-state index contributed by atoms with van der Waals surface area (Å²) in [5.41, 5.74) is 8.16. The molecular formula is C23H22N2O5. The number of aryl methyl sites for hydroxylation is 1. The smallest absolute Gasteiger partial charge is 0.255 e. The van der Waals surface area contributed by atoms with E-state index in [2.05, 4.69) is 11.5 Å². The van der Waals surface area contributed by atoms with Crippen molar-refractivity contribution < 1.29 is 23.8 Å². The normalized spacial score (nSPS) is 14.1. The third-order valence-corrected chi connectivity index (χ3v) is 5.15. The van der Waals surface area contributed by atoms with E-state index in [1.54, 1.807) is 32.2 Å². The van der Waals surface area contributed by atoms with Gasteiger partial charge in [0.05, 0.1) is 12.7 Å². The summed E-state index contributed by atoms with van der Waals surface area (Å²) in [4.78, 5) is 23.9. The van der Waals surface area contributed by atoms with Crippen molar-refractivity contribution >= 4 is 28.7 Å². The van der Waals surface area contributed by atoms with E-state index in [0.29, 0.717) is 22.6 Å². The first-order valence-electron chi connectivity index (χ1n) is 9.58. The van der Waals surface area contributed by atoms with E-state index in [1.165, 1.54) is 0 Å². The van der Waals surface area contributed by atoms with Gasteiger partial charge >= 0.3 is 0 Å². The topological polar surface area (TPSA) is 92.8 Å². The van der Waals surface area contributed by atoms with Crippen molar-refractivity contribution in [2.75, 3.05) is 13.7 Å². The average Bonchev–Trinajstić information content (AvgIpc) is 3.25. The summed E-state index contributed by atoms with van der Waals surface area (Å²) >= 11 is 0. The molecule has 2 aromatic carbocycles. The number of nitrogens with two attached hydrogens (primary N) is 1. The van der Waals surface area contributed by atoms with E-state index in [4.69, 9.17) is 19.9 Å². The van der Waals surface area contributed by atoms with E-state index < -0.39 is 5.91 Å². The molecule has 7 nitrogen and oxygen atoms in total. The number of Topliss-reactive ketones (excluding diaryl/α,β-unsaturated/α-hetero) is 1. The second-order valence-corrected chi connectivity index (χ2v) is 7.01. The molecule has 0 aliphatic carbocycles. The molecule has 0 spiro atoms. The molecule has 1 aliphatic rings. The van der Waals surface area contributed by atoms with Gasteiger partial charge in [0.2, 0.25) is 5.78 Å². The van der Waals surface area contributed by atoms with Crippen molar-refractivity contribution in [3.05, 3.63) is 59.0 Å². The number of rotatable bonds is 6. The number of primary amides is 1. The van der Waals surface area contributed by atoms with Crippen LogP contribution in [0.5, 0.6) is 17.2 Å². The zero-order valence-electron chi connectivity index (χ0n) is 17.0. The molecule has 1 amide bonds. The number of aromatic nitrogens is 1. The number of nitrogens with zero attached hydrogens (tertiary/aromatic N) is 1. The third-order valence-electron chi connectivity index (χ3n) is 5.15. The third kappa shape index (κ3) is 3.28. The first kappa shape index (κ1) is 19.6. The maximum Gasteiger partial charge on any atom is 0.255 e. The maximum atomic E-state index is 12.9. The summed E-state index contributed by atoms with van der Waals surface area (Å²) in [6.07, 6.45) is 3.74. The highest BCUT2D eigenvalue weighted by molar-refractivity contribution is 6.15. The first-order chi connectivity index (χ1) is 14.4. The van der Waals surface area contributed by atoms with Crippen molar-refractivity contribution in [1.29, 1.82) is 0 Å². The lowest BCUT2D eigenvalue weighted by Crippen LogP contribution is -2.20. The lowest BCUT2D eigenvalue weighted by molar-refractivity contribution is -0.119. The minimum absolute atomic E-state index is 0.199. The minimum Gasteiger partial charge on any atom is -0.497 e. The summed E-state index contributed by atoms with van der Waals surface area (Å²) in [7, 11) is 1.62. The number of carbonyl (C=O) groups excluding carboxylic acids is 2. The van der Waals surface area contributed by atoms with Crippen LogP contribution in [0.15, 0.2) is 42.3 Å². The molecular weight excluding hydrogens is 384 g/mol. The molecule has 1 aliphatic heterocycles. The van der Waals surface area contributed by atoms with Crippen LogP contribution in [-0.2, 0) is 11.3 Å². The Bertz CT molecular complexity index is 1210. The number of hydrogen-bond donors (Lipinski definition) is 1. The Balaban J connectivity index is 1.74. The van der Waals surface area contributed by atoms with E-state index >= 15 is 0 Å². The van der Waals surface area contributed by atoms with Crippen molar-refractivity contribution in [2.24, 2.45) is 5.73 Å². The highest BCUT2D eigenvalue weighted by Gasteiger charge is 2.30. The SMILES string of the molecule is CCn1cc(C=C2Oc3c(ccc(OCC(N)=O)c3C)C2=O)c2cc(OC)ccc21. The Labute approximate surface area is 173 Å². The molecule has 0 saturated heterocycles. The van der Waals surface area contributed by atoms with Gasteiger partial charge in [-0.3, -0.25) is 9.59 Å². The first-order valence-corrected chi connectivity index (χ1v) is 9.58. The van der Waals surface area contributed by atoms with Crippen LogP contribution in [0, 0.1) is 6.92 Å². The Hall–Kier alpha value is -3.74. The van der Waals surface area contributed by atoms with Gasteiger partial charge in [-0.05, 0) is 50.3 Å². The number of benzene rings is 2. The van der Waals surface area contributed by atoms with Crippen molar-refractivity contribution in [3.63, 3.8) is 0 Å². The zero-order valence-corrected chi connectivity index (χ0v) is 17.0. The van der Waals surface area contributed by atoms with Crippen LogP contribution in [0.4, 0.5) is 0 Å². The number of carbonyl (C=O) groups is 2. The number of allylic oxidation sites excluding steroid dienone is 1. The van der Waals surface area contributed by atoms with Crippen LogP contribution < -0.4 is 19.9 Å². The van der Waals surface area contributed by atoms with Gasteiger partial charge in [-0.2, -0.15) is 0 Å². The highest BCUT2D eigenvalue weighted by atomic mass is 16.5. The molecule has 1 aromatic heterocycles. The number of ketones is 1. The lowest BCUT2D eigenvalue weighted by atomic mass is 10.1. The van der Waals surface area contributed by atoms with Gasteiger partial charge in [-0.25, -0.2) is 0 Å². The van der Waals surface area contributed by atoms with E-state index in [-0.39, 0.29) is 18.1 Å². The number of amides is 1. The second-order valence-electron chi connectivity index (χ2n) is 7.01. The Kier molecular flexibility index (Phi) is 4.95. The van der Waals surface area contributed by atoms with Gasteiger partial charge in [-0.1, -0.05) is 0 Å². The fourth-order valence-corrected chi connectivity index (χ4v) is 3.62. The maximum absolute atomic E-state index is 12.9. The summed E-state index contributed by atoms with van der Waals surface area (Å²) in [5, 5.41) is 0.971. The highest BCUT2D eigenvalue weighted by Crippen LogP contribution is 2.40. The Morgan fingerprint density at radius 3 is 2.77 bits per heavy atom. The van der Waals surface area contributed by atoms with Crippen LogP contribution in [0.2, 0.25) is 0 Å². The van der Waals surface area contributed by atoms with Gasteiger partial charge in [0.1, 0.15) is 17.2 Å². The fraction of sp³-hybridized carbons (Fsp3) is 0.217. The van der Waals surface area contributed by atoms with Gasteiger partial charge in [0, 0.05) is 34.8 Å². The van der Waals surface area contributed by atoms with Gasteiger partial charge in [0.25, 0.3) is 5.91 Å². The fourth-order valence-electron chi connectivity index (χ4n) is 3.62. The largest absolute Gasteiger partial charge is 0.497 e. The molecule has 3 aromatic rings. The predicted octanol–water partition coefficient (Wildman–Crippen LogP) is 3.46. The van der Waals surface area contributed by atoms with Crippen molar-refractivity contribution in [2.45, 2.75) is 20.4 Å². The van der Waals surface area contributed by atoms with Gasteiger partial charge < -0.3 is 24.5 Å². The van der Waals surface area contributed by atoms with E-state index in [9.17, 15) is 9.59 Å². The van der Waals surface area contributed by atoms with Crippen LogP contribution in [-0.4, -0.2) is 30.0 Å². The molecule has 0 radical (unpaired) electrons. The molecule has 0 bridgehead atoms. The second kappa shape index (κ2) is 7.59. The van der Waals surface area contributed by atoms with Crippen molar-refractivity contribution in [1.82, 2.24) is 4.57 Å². The van der Waals surface area contributed by atoms with Gasteiger partial charge in [0.15, 0.2) is 12.4 Å². The van der Waals surface area contributed by atoms with Crippen LogP contribution in [0.3, 0.4) is 0 Å². The monoisotopic (exact) mass is 406 g/mol. The number of fused-ring (bicyclic) bond motifs is 2. The summed E-state index contributed by atoms with van der Waals surface area (Å²) < 4.78 is 18.8. The quantitative estimate of drug-likeness (QED) is 0.633. The predicted molar refractivity (Wildman–Crippen MR) is 113 cm³/mol. The van der Waals surface area contributed by atoms with Crippen LogP contribution >= 0.6 is 0 Å². The molecule has 154 valence electrons. The van der Waals surface area contributed by atoms with Crippen LogP contribution in [0.25, 0.3) is 17.0 Å². The minimum atomic E-state index is -0.574. The summed E-state index contributed by atoms with van der Waals surface area (Å²) in [6, 6.07) is 9.14. The lowest BCUT2D eigenvalue weighted by Gasteiger charge is -2.09. The zero-order chi connectivity index (χ0) is 21.4. The molecule has 7 heteroatoms.